The van der Waals surface area contributed by atoms with E-state index in [1.165, 1.54) is 11.1 Å². The van der Waals surface area contributed by atoms with Gasteiger partial charge in [0.2, 0.25) is 10.0 Å². The molecule has 152 valence electrons. The highest BCUT2D eigenvalue weighted by atomic mass is 32.2. The van der Waals surface area contributed by atoms with Crippen LogP contribution in [-0.2, 0) is 23.0 Å². The molecule has 0 radical (unpaired) electrons. The van der Waals surface area contributed by atoms with Crippen molar-refractivity contribution in [2.75, 3.05) is 36.8 Å². The molecule has 6 heteroatoms. The molecule has 0 aromatic heterocycles. The third-order valence-electron chi connectivity index (χ3n) is 5.20. The van der Waals surface area contributed by atoms with E-state index >= 15 is 0 Å². The minimum absolute atomic E-state index is 0.163. The standard InChI is InChI=1S/C22H30N2O3S/c1-3-17-28(25,26)24(21-9-11-22(27-2)12-10-21)15-6-14-23-16-13-19-7-4-5-8-20(19)18-23/h4-5,7-12H,3,6,13-18H2,1-2H3. The lowest BCUT2D eigenvalue weighted by Crippen LogP contribution is -2.37. The van der Waals surface area contributed by atoms with Crippen molar-refractivity contribution in [1.29, 1.82) is 0 Å². The van der Waals surface area contributed by atoms with Gasteiger partial charge in [-0.05, 0) is 54.7 Å². The highest BCUT2D eigenvalue weighted by Gasteiger charge is 2.22. The Bertz CT molecular complexity index is 866. The van der Waals surface area contributed by atoms with Crippen molar-refractivity contribution < 1.29 is 13.2 Å². The summed E-state index contributed by atoms with van der Waals surface area (Å²) < 4.78 is 32.4. The third-order valence-corrected chi connectivity index (χ3v) is 7.19. The first kappa shape index (κ1) is 20.7. The fraction of sp³-hybridized carbons (Fsp3) is 0.455. The van der Waals surface area contributed by atoms with E-state index in [2.05, 4.69) is 29.2 Å². The molecule has 0 aliphatic carbocycles. The maximum atomic E-state index is 12.8. The summed E-state index contributed by atoms with van der Waals surface area (Å²) in [7, 11) is -1.71. The Morgan fingerprint density at radius 3 is 2.46 bits per heavy atom. The molecule has 28 heavy (non-hydrogen) atoms. The largest absolute Gasteiger partial charge is 0.497 e. The van der Waals surface area contributed by atoms with Gasteiger partial charge in [-0.2, -0.15) is 0 Å². The second-order valence-electron chi connectivity index (χ2n) is 7.23. The molecule has 0 atom stereocenters. The molecule has 0 saturated heterocycles. The van der Waals surface area contributed by atoms with Crippen LogP contribution in [0.5, 0.6) is 5.75 Å². The van der Waals surface area contributed by atoms with Crippen LogP contribution in [0.1, 0.15) is 30.9 Å². The number of hydrogen-bond donors (Lipinski definition) is 0. The Labute approximate surface area is 169 Å². The summed E-state index contributed by atoms with van der Waals surface area (Å²) in [6.45, 7) is 5.26. The maximum absolute atomic E-state index is 12.8. The van der Waals surface area contributed by atoms with Gasteiger partial charge in [0.15, 0.2) is 0 Å². The van der Waals surface area contributed by atoms with E-state index in [0.717, 1.165) is 38.2 Å². The normalized spacial score (nSPS) is 14.5. The van der Waals surface area contributed by atoms with Gasteiger partial charge in [0.25, 0.3) is 0 Å². The van der Waals surface area contributed by atoms with Crippen LogP contribution in [-0.4, -0.2) is 45.8 Å². The molecule has 0 spiro atoms. The highest BCUT2D eigenvalue weighted by molar-refractivity contribution is 7.92. The quantitative estimate of drug-likeness (QED) is 0.642. The van der Waals surface area contributed by atoms with Crippen LogP contribution in [0.3, 0.4) is 0 Å². The summed E-state index contributed by atoms with van der Waals surface area (Å²) in [5.74, 6) is 0.888. The van der Waals surface area contributed by atoms with Gasteiger partial charge in [-0.15, -0.1) is 0 Å². The third kappa shape index (κ3) is 5.06. The second-order valence-corrected chi connectivity index (χ2v) is 9.25. The Balaban J connectivity index is 1.65. The van der Waals surface area contributed by atoms with E-state index < -0.39 is 10.0 Å². The molecule has 0 fully saturated rings. The number of sulfonamides is 1. The SMILES string of the molecule is CCCS(=O)(=O)N(CCCN1CCc2ccccc2C1)c1ccc(OC)cc1. The van der Waals surface area contributed by atoms with E-state index in [1.54, 1.807) is 11.4 Å². The monoisotopic (exact) mass is 402 g/mol. The predicted octanol–water partition coefficient (Wildman–Crippen LogP) is 3.69. The molecule has 3 rings (SSSR count). The maximum Gasteiger partial charge on any atom is 0.235 e. The molecule has 0 saturated carbocycles. The van der Waals surface area contributed by atoms with Crippen LogP contribution in [0.2, 0.25) is 0 Å². The van der Waals surface area contributed by atoms with Gasteiger partial charge in [-0.25, -0.2) is 8.42 Å². The summed E-state index contributed by atoms with van der Waals surface area (Å²) in [6.07, 6.45) is 2.47. The summed E-state index contributed by atoms with van der Waals surface area (Å²) in [5.41, 5.74) is 3.53. The van der Waals surface area contributed by atoms with Crippen molar-refractivity contribution in [2.45, 2.75) is 32.7 Å². The summed E-state index contributed by atoms with van der Waals surface area (Å²) in [6, 6.07) is 15.8. The molecule has 5 nitrogen and oxygen atoms in total. The van der Waals surface area contributed by atoms with Crippen LogP contribution >= 0.6 is 0 Å². The Kier molecular flexibility index (Phi) is 6.97. The lowest BCUT2D eigenvalue weighted by molar-refractivity contribution is 0.253. The van der Waals surface area contributed by atoms with Gasteiger partial charge in [-0.1, -0.05) is 31.2 Å². The number of methoxy groups -OCH3 is 1. The minimum atomic E-state index is -3.32. The number of benzene rings is 2. The Morgan fingerprint density at radius 1 is 1.07 bits per heavy atom. The van der Waals surface area contributed by atoms with Crippen LogP contribution < -0.4 is 9.04 Å². The van der Waals surface area contributed by atoms with Gasteiger partial charge in [0.1, 0.15) is 5.75 Å². The summed E-state index contributed by atoms with van der Waals surface area (Å²) in [4.78, 5) is 2.42. The molecule has 2 aromatic rings. The minimum Gasteiger partial charge on any atom is -0.497 e. The van der Waals surface area contributed by atoms with Gasteiger partial charge in [0.05, 0.1) is 18.6 Å². The number of rotatable bonds is 9. The molecule has 0 bridgehead atoms. The second kappa shape index (κ2) is 9.43. The Hall–Kier alpha value is -2.05. The van der Waals surface area contributed by atoms with Crippen molar-refractivity contribution in [2.24, 2.45) is 0 Å². The number of hydrogen-bond acceptors (Lipinski definition) is 4. The molecule has 1 heterocycles. The van der Waals surface area contributed by atoms with Gasteiger partial charge in [0, 0.05) is 26.2 Å². The molecule has 2 aromatic carbocycles. The first-order chi connectivity index (χ1) is 13.5. The van der Waals surface area contributed by atoms with E-state index in [-0.39, 0.29) is 5.75 Å². The number of ether oxygens (including phenoxy) is 1. The van der Waals surface area contributed by atoms with Crippen LogP contribution in [0.15, 0.2) is 48.5 Å². The molecular formula is C22H30N2O3S. The molecule has 0 amide bonds. The fourth-order valence-electron chi connectivity index (χ4n) is 3.73. The topological polar surface area (TPSA) is 49.9 Å². The van der Waals surface area contributed by atoms with E-state index in [1.807, 2.05) is 31.2 Å². The van der Waals surface area contributed by atoms with Crippen molar-refractivity contribution in [1.82, 2.24) is 4.90 Å². The molecule has 1 aliphatic rings. The zero-order chi connectivity index (χ0) is 20.0. The lowest BCUT2D eigenvalue weighted by Gasteiger charge is -2.30. The summed E-state index contributed by atoms with van der Waals surface area (Å²) in [5, 5.41) is 0. The fourth-order valence-corrected chi connectivity index (χ4v) is 5.31. The van der Waals surface area contributed by atoms with Crippen LogP contribution in [0, 0.1) is 0 Å². The van der Waals surface area contributed by atoms with Gasteiger partial charge < -0.3 is 4.74 Å². The highest BCUT2D eigenvalue weighted by Crippen LogP contribution is 2.23. The predicted molar refractivity (Wildman–Crippen MR) is 114 cm³/mol. The average molecular weight is 403 g/mol. The summed E-state index contributed by atoms with van der Waals surface area (Å²) >= 11 is 0. The van der Waals surface area contributed by atoms with Crippen LogP contribution in [0.25, 0.3) is 0 Å². The average Bonchev–Trinajstić information content (AvgIpc) is 2.71. The zero-order valence-corrected chi connectivity index (χ0v) is 17.6. The number of nitrogens with zero attached hydrogens (tertiary/aromatic N) is 2. The van der Waals surface area contributed by atoms with E-state index in [0.29, 0.717) is 18.7 Å². The smallest absolute Gasteiger partial charge is 0.235 e. The van der Waals surface area contributed by atoms with Crippen molar-refractivity contribution in [3.05, 3.63) is 59.7 Å². The van der Waals surface area contributed by atoms with Crippen molar-refractivity contribution >= 4 is 15.7 Å². The molecule has 0 N–H and O–H groups in total. The van der Waals surface area contributed by atoms with Gasteiger partial charge >= 0.3 is 0 Å². The van der Waals surface area contributed by atoms with E-state index in [4.69, 9.17) is 4.74 Å². The number of anilines is 1. The Morgan fingerprint density at radius 2 is 1.79 bits per heavy atom. The van der Waals surface area contributed by atoms with Crippen molar-refractivity contribution in [3.63, 3.8) is 0 Å². The molecular weight excluding hydrogens is 372 g/mol. The van der Waals surface area contributed by atoms with E-state index in [9.17, 15) is 8.42 Å². The molecule has 1 aliphatic heterocycles. The lowest BCUT2D eigenvalue weighted by atomic mass is 10.00. The van der Waals surface area contributed by atoms with Crippen LogP contribution in [0.4, 0.5) is 5.69 Å². The molecule has 0 unspecified atom stereocenters. The van der Waals surface area contributed by atoms with Crippen molar-refractivity contribution in [3.8, 4) is 5.75 Å². The first-order valence-corrected chi connectivity index (χ1v) is 11.6. The zero-order valence-electron chi connectivity index (χ0n) is 16.8. The van der Waals surface area contributed by atoms with Gasteiger partial charge in [-0.3, -0.25) is 9.21 Å². The number of fused-ring (bicyclic) bond motifs is 1. The first-order valence-electron chi connectivity index (χ1n) is 9.97.